The normalized spacial score (nSPS) is 11.2. The van der Waals surface area contributed by atoms with Gasteiger partial charge < -0.3 is 4.90 Å². The Morgan fingerprint density at radius 3 is 1.34 bits per heavy atom. The first kappa shape index (κ1) is 26.1. The lowest BCUT2D eigenvalue weighted by molar-refractivity contribution is 1.28. The van der Waals surface area contributed by atoms with Gasteiger partial charge in [0.1, 0.15) is 4.83 Å². The smallest absolute Gasteiger partial charge is 0.124 e. The number of fused-ring (bicyclic) bond motifs is 3. The summed E-state index contributed by atoms with van der Waals surface area (Å²) in [7, 11) is 0. The van der Waals surface area contributed by atoms with Crippen LogP contribution in [-0.2, 0) is 0 Å². The Morgan fingerprint density at radius 2 is 0.818 bits per heavy atom. The highest BCUT2D eigenvalue weighted by Gasteiger charge is 2.14. The molecule has 2 aromatic heterocycles. The van der Waals surface area contributed by atoms with Gasteiger partial charge in [-0.2, -0.15) is 0 Å². The van der Waals surface area contributed by atoms with Crippen molar-refractivity contribution < 1.29 is 0 Å². The lowest BCUT2D eigenvalue weighted by atomic mass is 10.0. The van der Waals surface area contributed by atoms with Gasteiger partial charge in [0.25, 0.3) is 0 Å². The summed E-state index contributed by atoms with van der Waals surface area (Å²) in [4.78, 5) is 8.22. The largest absolute Gasteiger partial charge is 0.311 e. The molecule has 0 aliphatic rings. The van der Waals surface area contributed by atoms with Crippen LogP contribution in [0.5, 0.6) is 0 Å². The highest BCUT2D eigenvalue weighted by molar-refractivity contribution is 7.25. The molecule has 0 spiro atoms. The van der Waals surface area contributed by atoms with Crippen molar-refractivity contribution in [2.24, 2.45) is 0 Å². The quantitative estimate of drug-likeness (QED) is 0.194. The second-order valence-electron chi connectivity index (χ2n) is 10.9. The van der Waals surface area contributed by atoms with Gasteiger partial charge >= 0.3 is 0 Å². The lowest BCUT2D eigenvalue weighted by Gasteiger charge is -2.26. The Bertz CT molecular complexity index is 2100. The summed E-state index contributed by atoms with van der Waals surface area (Å²) >= 11 is 1.75. The molecule has 0 atom stereocenters. The van der Waals surface area contributed by atoms with Crippen molar-refractivity contribution in [2.75, 3.05) is 4.90 Å². The van der Waals surface area contributed by atoms with Crippen molar-refractivity contribution in [3.63, 3.8) is 0 Å². The molecular weight excluding hydrogens is 553 g/mol. The number of thiophene rings is 1. The highest BCUT2D eigenvalue weighted by Crippen LogP contribution is 2.39. The summed E-state index contributed by atoms with van der Waals surface area (Å²) in [6, 6.07) is 58.4. The number of hydrogen-bond donors (Lipinski definition) is 0. The standard InChI is InChI=1S/C41H28N2S/c1-3-9-29(10-4-1)31-15-21-35(22-16-31)43(36-23-17-32(18-24-36)30-11-5-2-6-12-30)37-25-19-33(20-26-37)34-27-39-38-13-7-8-14-40(38)44-41(39)42-28-34/h1-28H. The van der Waals surface area contributed by atoms with Gasteiger partial charge in [0.15, 0.2) is 0 Å². The van der Waals surface area contributed by atoms with Crippen LogP contribution < -0.4 is 4.90 Å². The number of aromatic nitrogens is 1. The zero-order valence-corrected chi connectivity index (χ0v) is 24.8. The summed E-state index contributed by atoms with van der Waals surface area (Å²) in [6.07, 6.45) is 2.00. The summed E-state index contributed by atoms with van der Waals surface area (Å²) < 4.78 is 1.27. The fourth-order valence-electron chi connectivity index (χ4n) is 5.88. The SMILES string of the molecule is c1ccc(-c2ccc(N(c3ccc(-c4ccccc4)cc3)c3ccc(-c4cnc5sc6ccccc6c5c4)cc3)cc2)cc1. The molecule has 0 N–H and O–H groups in total. The number of anilines is 3. The predicted molar refractivity (Wildman–Crippen MR) is 188 cm³/mol. The van der Waals surface area contributed by atoms with Crippen LogP contribution in [0, 0.1) is 0 Å². The van der Waals surface area contributed by atoms with E-state index in [0.29, 0.717) is 0 Å². The molecule has 0 aliphatic carbocycles. The van der Waals surface area contributed by atoms with Gasteiger partial charge in [-0.3, -0.25) is 0 Å². The van der Waals surface area contributed by atoms with Gasteiger partial charge in [-0.15, -0.1) is 11.3 Å². The molecule has 0 saturated carbocycles. The predicted octanol–water partition coefficient (Wildman–Crippen LogP) is 11.9. The van der Waals surface area contributed by atoms with Crippen molar-refractivity contribution >= 4 is 48.7 Å². The molecule has 3 heteroatoms. The van der Waals surface area contributed by atoms with Crippen LogP contribution in [0.1, 0.15) is 0 Å². The van der Waals surface area contributed by atoms with E-state index >= 15 is 0 Å². The topological polar surface area (TPSA) is 16.1 Å². The van der Waals surface area contributed by atoms with Gasteiger partial charge in [-0.1, -0.05) is 115 Å². The van der Waals surface area contributed by atoms with Crippen LogP contribution in [0.2, 0.25) is 0 Å². The maximum absolute atomic E-state index is 4.82. The van der Waals surface area contributed by atoms with E-state index in [4.69, 9.17) is 4.98 Å². The second-order valence-corrected chi connectivity index (χ2v) is 11.9. The molecule has 6 aromatic carbocycles. The lowest BCUT2D eigenvalue weighted by Crippen LogP contribution is -2.09. The van der Waals surface area contributed by atoms with Crippen LogP contribution in [0.15, 0.2) is 170 Å². The van der Waals surface area contributed by atoms with Crippen molar-refractivity contribution in [2.45, 2.75) is 0 Å². The molecule has 0 fully saturated rings. The minimum Gasteiger partial charge on any atom is -0.311 e. The first-order valence-electron chi connectivity index (χ1n) is 14.8. The molecule has 0 amide bonds. The minimum absolute atomic E-state index is 1.08. The number of rotatable bonds is 6. The zero-order valence-electron chi connectivity index (χ0n) is 24.0. The average molecular weight is 581 g/mol. The molecule has 8 aromatic rings. The third-order valence-corrected chi connectivity index (χ3v) is 9.25. The van der Waals surface area contributed by atoms with Crippen LogP contribution >= 0.6 is 11.3 Å². The molecule has 2 nitrogen and oxygen atoms in total. The number of pyridine rings is 1. The first-order chi connectivity index (χ1) is 21.8. The van der Waals surface area contributed by atoms with E-state index in [2.05, 4.69) is 169 Å². The van der Waals surface area contributed by atoms with Gasteiger partial charge in [0, 0.05) is 44.3 Å². The molecule has 0 bridgehead atoms. The molecule has 208 valence electrons. The van der Waals surface area contributed by atoms with E-state index in [-0.39, 0.29) is 0 Å². The summed E-state index contributed by atoms with van der Waals surface area (Å²) in [5.41, 5.74) is 10.4. The van der Waals surface area contributed by atoms with Gasteiger partial charge in [-0.25, -0.2) is 4.98 Å². The second kappa shape index (κ2) is 11.3. The highest BCUT2D eigenvalue weighted by atomic mass is 32.1. The maximum Gasteiger partial charge on any atom is 0.124 e. The Hall–Kier alpha value is -5.51. The summed E-state index contributed by atoms with van der Waals surface area (Å²) in [5, 5.41) is 2.48. The molecule has 44 heavy (non-hydrogen) atoms. The molecule has 0 saturated heterocycles. The van der Waals surface area contributed by atoms with E-state index in [0.717, 1.165) is 33.0 Å². The van der Waals surface area contributed by atoms with Crippen molar-refractivity contribution in [1.82, 2.24) is 4.98 Å². The fraction of sp³-hybridized carbons (Fsp3) is 0. The fourth-order valence-corrected chi connectivity index (χ4v) is 6.91. The van der Waals surface area contributed by atoms with Gasteiger partial charge in [0.2, 0.25) is 0 Å². The third-order valence-electron chi connectivity index (χ3n) is 8.16. The Balaban J connectivity index is 1.17. The maximum atomic E-state index is 4.82. The van der Waals surface area contributed by atoms with Gasteiger partial charge in [-0.05, 0) is 76.3 Å². The van der Waals surface area contributed by atoms with E-state index < -0.39 is 0 Å². The van der Waals surface area contributed by atoms with Crippen LogP contribution in [-0.4, -0.2) is 4.98 Å². The zero-order chi connectivity index (χ0) is 29.3. The van der Waals surface area contributed by atoms with Gasteiger partial charge in [0.05, 0.1) is 0 Å². The summed E-state index contributed by atoms with van der Waals surface area (Å²) in [6.45, 7) is 0. The monoisotopic (exact) mass is 580 g/mol. The molecule has 0 aliphatic heterocycles. The Labute approximate surface area is 261 Å². The van der Waals surface area contributed by atoms with Crippen molar-refractivity contribution in [3.05, 3.63) is 170 Å². The van der Waals surface area contributed by atoms with E-state index in [1.54, 1.807) is 11.3 Å². The third kappa shape index (κ3) is 4.94. The number of nitrogens with zero attached hydrogens (tertiary/aromatic N) is 2. The molecule has 8 rings (SSSR count). The summed E-state index contributed by atoms with van der Waals surface area (Å²) in [5.74, 6) is 0. The molecule has 0 unspecified atom stereocenters. The van der Waals surface area contributed by atoms with Crippen molar-refractivity contribution in [3.8, 4) is 33.4 Å². The van der Waals surface area contributed by atoms with Crippen LogP contribution in [0.3, 0.4) is 0 Å². The average Bonchev–Trinajstić information content (AvgIpc) is 3.48. The molecular formula is C41H28N2S. The van der Waals surface area contributed by atoms with E-state index in [1.807, 2.05) is 6.20 Å². The van der Waals surface area contributed by atoms with Crippen molar-refractivity contribution in [1.29, 1.82) is 0 Å². The Kier molecular flexibility index (Phi) is 6.71. The number of benzene rings is 6. The number of hydrogen-bond acceptors (Lipinski definition) is 3. The molecule has 2 heterocycles. The Morgan fingerprint density at radius 1 is 0.386 bits per heavy atom. The van der Waals surface area contributed by atoms with Crippen LogP contribution in [0.25, 0.3) is 53.7 Å². The molecule has 0 radical (unpaired) electrons. The minimum atomic E-state index is 1.08. The van der Waals surface area contributed by atoms with E-state index in [9.17, 15) is 0 Å². The van der Waals surface area contributed by atoms with E-state index in [1.165, 1.54) is 37.7 Å². The van der Waals surface area contributed by atoms with Crippen LogP contribution in [0.4, 0.5) is 17.1 Å². The first-order valence-corrected chi connectivity index (χ1v) is 15.6.